The van der Waals surface area contributed by atoms with E-state index in [4.69, 9.17) is 5.73 Å². The minimum Gasteiger partial charge on any atom is -0.399 e. The summed E-state index contributed by atoms with van der Waals surface area (Å²) in [6, 6.07) is 4.78. The average molecular weight is 256 g/mol. The van der Waals surface area contributed by atoms with Crippen LogP contribution in [0.5, 0.6) is 0 Å². The Morgan fingerprint density at radius 3 is 2.53 bits per heavy atom. The predicted octanol–water partition coefficient (Wildman–Crippen LogP) is 2.04. The summed E-state index contributed by atoms with van der Waals surface area (Å²) in [5.41, 5.74) is 6.96. The Morgan fingerprint density at radius 1 is 1.35 bits per heavy atom. The third-order valence-corrected chi connectivity index (χ3v) is 4.03. The summed E-state index contributed by atoms with van der Waals surface area (Å²) in [5, 5.41) is 0. The van der Waals surface area contributed by atoms with Gasteiger partial charge in [-0.05, 0) is 44.0 Å². The fraction of sp³-hybridized carbons (Fsp3) is 0.500. The number of anilines is 1. The van der Waals surface area contributed by atoms with E-state index < -0.39 is 10.0 Å². The van der Waals surface area contributed by atoms with E-state index in [0.717, 1.165) is 18.4 Å². The highest BCUT2D eigenvalue weighted by molar-refractivity contribution is 7.89. The molecule has 0 bridgehead atoms. The highest BCUT2D eigenvalue weighted by Gasteiger charge is 2.17. The lowest BCUT2D eigenvalue weighted by Crippen LogP contribution is -2.32. The maximum absolute atomic E-state index is 12.1. The maximum Gasteiger partial charge on any atom is 0.240 e. The van der Waals surface area contributed by atoms with Crippen molar-refractivity contribution in [3.8, 4) is 0 Å². The van der Waals surface area contributed by atoms with Crippen molar-refractivity contribution in [2.45, 2.75) is 44.6 Å². The van der Waals surface area contributed by atoms with Gasteiger partial charge in [-0.15, -0.1) is 0 Å². The number of nitrogens with one attached hydrogen (secondary N) is 1. The van der Waals surface area contributed by atoms with Gasteiger partial charge in [0.2, 0.25) is 10.0 Å². The van der Waals surface area contributed by atoms with Crippen LogP contribution >= 0.6 is 0 Å². The molecular formula is C12H20N2O2S. The second kappa shape index (κ2) is 5.51. The number of sulfonamides is 1. The van der Waals surface area contributed by atoms with Gasteiger partial charge in [-0.25, -0.2) is 13.1 Å². The van der Waals surface area contributed by atoms with E-state index in [1.54, 1.807) is 12.1 Å². The van der Waals surface area contributed by atoms with E-state index in [-0.39, 0.29) is 10.9 Å². The zero-order valence-electron chi connectivity index (χ0n) is 10.5. The first-order chi connectivity index (χ1) is 7.85. The van der Waals surface area contributed by atoms with Gasteiger partial charge in [-0.2, -0.15) is 0 Å². The standard InChI is InChI=1S/C12H20N2O2S/c1-4-5-10(3)14-17(15,16)12-7-9(2)6-11(13)8-12/h6-8,10,14H,4-5,13H2,1-3H3. The van der Waals surface area contributed by atoms with Crippen LogP contribution in [0.25, 0.3) is 0 Å². The summed E-state index contributed by atoms with van der Waals surface area (Å²) in [5.74, 6) is 0. The lowest BCUT2D eigenvalue weighted by molar-refractivity contribution is 0.544. The first kappa shape index (κ1) is 14.0. The molecule has 5 heteroatoms. The Labute approximate surface area is 103 Å². The smallest absolute Gasteiger partial charge is 0.240 e. The zero-order chi connectivity index (χ0) is 13.1. The topological polar surface area (TPSA) is 72.2 Å². The summed E-state index contributed by atoms with van der Waals surface area (Å²) in [6.45, 7) is 5.71. The fourth-order valence-corrected chi connectivity index (χ4v) is 3.17. The second-order valence-electron chi connectivity index (χ2n) is 4.39. The maximum atomic E-state index is 12.1. The van der Waals surface area contributed by atoms with Crippen LogP contribution in [0.2, 0.25) is 0 Å². The number of nitrogen functional groups attached to an aromatic ring is 1. The van der Waals surface area contributed by atoms with Crippen LogP contribution in [0.3, 0.4) is 0 Å². The van der Waals surface area contributed by atoms with E-state index in [1.807, 2.05) is 20.8 Å². The van der Waals surface area contributed by atoms with Crippen molar-refractivity contribution in [3.63, 3.8) is 0 Å². The van der Waals surface area contributed by atoms with E-state index >= 15 is 0 Å². The lowest BCUT2D eigenvalue weighted by Gasteiger charge is -2.14. The van der Waals surface area contributed by atoms with Gasteiger partial charge in [0.1, 0.15) is 0 Å². The molecule has 0 saturated heterocycles. The van der Waals surface area contributed by atoms with Crippen molar-refractivity contribution in [2.75, 3.05) is 5.73 Å². The van der Waals surface area contributed by atoms with Crippen molar-refractivity contribution in [2.24, 2.45) is 0 Å². The van der Waals surface area contributed by atoms with Crippen LogP contribution in [-0.2, 0) is 10.0 Å². The molecule has 0 radical (unpaired) electrons. The monoisotopic (exact) mass is 256 g/mol. The molecule has 1 rings (SSSR count). The molecule has 4 nitrogen and oxygen atoms in total. The molecule has 1 aromatic rings. The normalized spacial score (nSPS) is 13.6. The number of hydrogen-bond donors (Lipinski definition) is 2. The highest BCUT2D eigenvalue weighted by atomic mass is 32.2. The van der Waals surface area contributed by atoms with Crippen LogP contribution in [-0.4, -0.2) is 14.5 Å². The number of rotatable bonds is 5. The molecule has 0 heterocycles. The third kappa shape index (κ3) is 4.02. The van der Waals surface area contributed by atoms with Gasteiger partial charge in [0.15, 0.2) is 0 Å². The quantitative estimate of drug-likeness (QED) is 0.792. The summed E-state index contributed by atoms with van der Waals surface area (Å²) in [4.78, 5) is 0.234. The van der Waals surface area contributed by atoms with Gasteiger partial charge in [0, 0.05) is 11.7 Å². The van der Waals surface area contributed by atoms with Crippen molar-refractivity contribution in [1.82, 2.24) is 4.72 Å². The van der Waals surface area contributed by atoms with Crippen molar-refractivity contribution < 1.29 is 8.42 Å². The van der Waals surface area contributed by atoms with Crippen LogP contribution in [0.4, 0.5) is 5.69 Å². The molecule has 0 fully saturated rings. The molecule has 0 spiro atoms. The molecule has 96 valence electrons. The first-order valence-corrected chi connectivity index (χ1v) is 7.23. The molecule has 0 amide bonds. The van der Waals surface area contributed by atoms with Crippen molar-refractivity contribution >= 4 is 15.7 Å². The van der Waals surface area contributed by atoms with Gasteiger partial charge in [0.25, 0.3) is 0 Å². The predicted molar refractivity (Wildman–Crippen MR) is 70.3 cm³/mol. The van der Waals surface area contributed by atoms with E-state index in [0.29, 0.717) is 5.69 Å². The minimum absolute atomic E-state index is 0.0632. The lowest BCUT2D eigenvalue weighted by atomic mass is 10.2. The van der Waals surface area contributed by atoms with Crippen LogP contribution in [0.1, 0.15) is 32.3 Å². The van der Waals surface area contributed by atoms with Gasteiger partial charge < -0.3 is 5.73 Å². The summed E-state index contributed by atoms with van der Waals surface area (Å²) < 4.78 is 26.8. The van der Waals surface area contributed by atoms with Crippen LogP contribution < -0.4 is 10.5 Å². The summed E-state index contributed by atoms with van der Waals surface area (Å²) >= 11 is 0. The SMILES string of the molecule is CCCC(C)NS(=O)(=O)c1cc(C)cc(N)c1. The molecule has 0 aliphatic rings. The van der Waals surface area contributed by atoms with Crippen molar-refractivity contribution in [1.29, 1.82) is 0 Å². The number of aryl methyl sites for hydroxylation is 1. The molecule has 17 heavy (non-hydrogen) atoms. The second-order valence-corrected chi connectivity index (χ2v) is 6.10. The molecule has 1 atom stereocenters. The minimum atomic E-state index is -3.46. The summed E-state index contributed by atoms with van der Waals surface area (Å²) in [6.07, 6.45) is 1.76. The van der Waals surface area contributed by atoms with Gasteiger partial charge >= 0.3 is 0 Å². The molecular weight excluding hydrogens is 236 g/mol. The van der Waals surface area contributed by atoms with Crippen LogP contribution in [0, 0.1) is 6.92 Å². The largest absolute Gasteiger partial charge is 0.399 e. The van der Waals surface area contributed by atoms with Crippen molar-refractivity contribution in [3.05, 3.63) is 23.8 Å². The Morgan fingerprint density at radius 2 is 2.00 bits per heavy atom. The highest BCUT2D eigenvalue weighted by Crippen LogP contribution is 2.16. The first-order valence-electron chi connectivity index (χ1n) is 5.74. The van der Waals surface area contributed by atoms with E-state index in [1.165, 1.54) is 6.07 Å². The molecule has 0 aliphatic carbocycles. The molecule has 3 N–H and O–H groups in total. The summed E-state index contributed by atoms with van der Waals surface area (Å²) in [7, 11) is -3.46. The van der Waals surface area contributed by atoms with E-state index in [2.05, 4.69) is 4.72 Å². The number of benzene rings is 1. The zero-order valence-corrected chi connectivity index (χ0v) is 11.3. The Bertz CT molecular complexity index is 463. The molecule has 0 aliphatic heterocycles. The Balaban J connectivity index is 2.97. The Hall–Kier alpha value is -1.07. The molecule has 0 aromatic heterocycles. The molecule has 1 aromatic carbocycles. The molecule has 0 saturated carbocycles. The molecule has 1 unspecified atom stereocenters. The van der Waals surface area contributed by atoms with Gasteiger partial charge in [0.05, 0.1) is 4.90 Å². The Kier molecular flexibility index (Phi) is 4.54. The van der Waals surface area contributed by atoms with Gasteiger partial charge in [-0.1, -0.05) is 13.3 Å². The van der Waals surface area contributed by atoms with Gasteiger partial charge in [-0.3, -0.25) is 0 Å². The fourth-order valence-electron chi connectivity index (χ4n) is 1.76. The van der Waals surface area contributed by atoms with E-state index in [9.17, 15) is 8.42 Å². The average Bonchev–Trinajstić information content (AvgIpc) is 2.15. The number of nitrogens with two attached hydrogens (primary N) is 1. The van der Waals surface area contributed by atoms with Crippen LogP contribution in [0.15, 0.2) is 23.1 Å². The third-order valence-electron chi connectivity index (χ3n) is 2.46. The number of hydrogen-bond acceptors (Lipinski definition) is 3.